The monoisotopic (exact) mass is 299 g/mol. The van der Waals surface area contributed by atoms with Crippen LogP contribution >= 0.6 is 11.3 Å². The molecule has 0 aliphatic carbocycles. The maximum Gasteiger partial charge on any atom is 0.250 e. The zero-order valence-corrected chi connectivity index (χ0v) is 11.9. The van der Waals surface area contributed by atoms with Crippen LogP contribution in [0.2, 0.25) is 0 Å². The van der Waals surface area contributed by atoms with Crippen LogP contribution < -0.4 is 16.4 Å². The summed E-state index contributed by atoms with van der Waals surface area (Å²) >= 11 is 1.54. The molecule has 1 aromatic carbocycles. The average molecular weight is 299 g/mol. The van der Waals surface area contributed by atoms with E-state index >= 15 is 0 Å². The normalized spacial score (nSPS) is 13.5. The Balaban J connectivity index is 2.24. The van der Waals surface area contributed by atoms with Gasteiger partial charge in [0.25, 0.3) is 5.91 Å². The molecule has 106 valence electrons. The molecule has 6 heteroatoms. The van der Waals surface area contributed by atoms with E-state index < -0.39 is 11.8 Å². The van der Waals surface area contributed by atoms with Crippen molar-refractivity contribution in [1.29, 1.82) is 0 Å². The molecule has 0 spiro atoms. The molecule has 2 aromatic rings. The van der Waals surface area contributed by atoms with Gasteiger partial charge in [0.2, 0.25) is 5.91 Å². The molecular formula is C15H13N3O2S. The van der Waals surface area contributed by atoms with Gasteiger partial charge in [-0.1, -0.05) is 12.1 Å². The molecule has 21 heavy (non-hydrogen) atoms. The second-order valence-corrected chi connectivity index (χ2v) is 5.49. The highest BCUT2D eigenvalue weighted by Gasteiger charge is 2.26. The Labute approximate surface area is 125 Å². The number of carbonyl (C=O) groups is 2. The number of benzene rings is 1. The first-order chi connectivity index (χ1) is 10.1. The lowest BCUT2D eigenvalue weighted by Gasteiger charge is -2.31. The van der Waals surface area contributed by atoms with Crippen molar-refractivity contribution in [3.8, 4) is 0 Å². The van der Waals surface area contributed by atoms with Gasteiger partial charge in [0.1, 0.15) is 0 Å². The van der Waals surface area contributed by atoms with Crippen molar-refractivity contribution >= 4 is 40.6 Å². The van der Waals surface area contributed by atoms with E-state index in [0.29, 0.717) is 23.4 Å². The molecule has 4 N–H and O–H groups in total. The number of carbonyl (C=O) groups excluding carboxylic acids is 2. The van der Waals surface area contributed by atoms with Gasteiger partial charge in [-0.3, -0.25) is 9.59 Å². The van der Waals surface area contributed by atoms with Gasteiger partial charge in [-0.05, 0) is 29.2 Å². The van der Waals surface area contributed by atoms with Crippen LogP contribution in [-0.2, 0) is 4.79 Å². The topological polar surface area (TPSA) is 89.4 Å². The van der Waals surface area contributed by atoms with E-state index in [2.05, 4.69) is 0 Å². The van der Waals surface area contributed by atoms with Crippen molar-refractivity contribution in [2.24, 2.45) is 11.5 Å². The Hall–Kier alpha value is -2.60. The third kappa shape index (κ3) is 2.30. The minimum absolute atomic E-state index is 0.323. The summed E-state index contributed by atoms with van der Waals surface area (Å²) in [6.45, 7) is 0.323. The molecule has 1 aliphatic heterocycles. The van der Waals surface area contributed by atoms with Gasteiger partial charge in [-0.15, -0.1) is 0 Å². The van der Waals surface area contributed by atoms with Crippen LogP contribution in [-0.4, -0.2) is 18.4 Å². The van der Waals surface area contributed by atoms with Crippen LogP contribution in [0.4, 0.5) is 11.4 Å². The van der Waals surface area contributed by atoms with Crippen LogP contribution in [0.25, 0.3) is 6.08 Å². The number of nitrogens with zero attached hydrogens (tertiary/aromatic N) is 1. The van der Waals surface area contributed by atoms with E-state index in [0.717, 1.165) is 11.3 Å². The molecule has 0 bridgehead atoms. The predicted molar refractivity (Wildman–Crippen MR) is 83.5 cm³/mol. The Kier molecular flexibility index (Phi) is 3.23. The number of hydrogen-bond acceptors (Lipinski definition) is 4. The molecule has 3 rings (SSSR count). The zero-order chi connectivity index (χ0) is 15.0. The van der Waals surface area contributed by atoms with Gasteiger partial charge in [-0.2, -0.15) is 11.3 Å². The molecule has 0 radical (unpaired) electrons. The van der Waals surface area contributed by atoms with Gasteiger partial charge < -0.3 is 16.4 Å². The second-order valence-electron chi connectivity index (χ2n) is 4.71. The number of amides is 2. The minimum Gasteiger partial charge on any atom is -0.366 e. The SMILES string of the molecule is NC(=O)C1=Cc2cccc(C(N)=O)c2N(c2ccsc2)C1. The smallest absolute Gasteiger partial charge is 0.250 e. The number of rotatable bonds is 3. The molecule has 0 saturated carbocycles. The first kappa shape index (κ1) is 13.4. The lowest BCUT2D eigenvalue weighted by molar-refractivity contribution is -0.114. The molecule has 5 nitrogen and oxygen atoms in total. The Morgan fingerprint density at radius 2 is 1.95 bits per heavy atom. The summed E-state index contributed by atoms with van der Waals surface area (Å²) in [4.78, 5) is 25.1. The van der Waals surface area contributed by atoms with Crippen LogP contribution in [0, 0.1) is 0 Å². The fourth-order valence-electron chi connectivity index (χ4n) is 2.44. The number of fused-ring (bicyclic) bond motifs is 1. The molecule has 1 aromatic heterocycles. The quantitative estimate of drug-likeness (QED) is 0.906. The third-order valence-corrected chi connectivity index (χ3v) is 4.07. The summed E-state index contributed by atoms with van der Waals surface area (Å²) < 4.78 is 0. The number of hydrogen-bond donors (Lipinski definition) is 2. The molecular weight excluding hydrogens is 286 g/mol. The van der Waals surface area contributed by atoms with Crippen molar-refractivity contribution < 1.29 is 9.59 Å². The van der Waals surface area contributed by atoms with Crippen LogP contribution in [0.1, 0.15) is 15.9 Å². The maximum atomic E-state index is 11.7. The molecule has 1 aliphatic rings. The highest BCUT2D eigenvalue weighted by Crippen LogP contribution is 2.38. The van der Waals surface area contributed by atoms with Crippen molar-refractivity contribution in [3.63, 3.8) is 0 Å². The number of para-hydroxylation sites is 1. The number of primary amides is 2. The maximum absolute atomic E-state index is 11.7. The fourth-order valence-corrected chi connectivity index (χ4v) is 3.08. The predicted octanol–water partition coefficient (Wildman–Crippen LogP) is 1.87. The van der Waals surface area contributed by atoms with Gasteiger partial charge >= 0.3 is 0 Å². The van der Waals surface area contributed by atoms with Crippen molar-refractivity contribution in [1.82, 2.24) is 0 Å². The third-order valence-electron chi connectivity index (χ3n) is 3.40. The summed E-state index contributed by atoms with van der Waals surface area (Å²) in [5, 5.41) is 3.88. The Bertz CT molecular complexity index is 750. The van der Waals surface area contributed by atoms with Crippen LogP contribution in [0.5, 0.6) is 0 Å². The van der Waals surface area contributed by atoms with E-state index in [1.165, 1.54) is 11.3 Å². The summed E-state index contributed by atoms with van der Waals surface area (Å²) in [5.74, 6) is -0.964. The fraction of sp³-hybridized carbons (Fsp3) is 0.0667. The number of thiophene rings is 1. The number of nitrogens with two attached hydrogens (primary N) is 2. The first-order valence-corrected chi connectivity index (χ1v) is 7.25. The standard InChI is InChI=1S/C15H13N3O2S/c16-14(19)10-6-9-2-1-3-12(15(17)20)13(9)18(7-10)11-4-5-21-8-11/h1-6,8H,7H2,(H2,16,19)(H2,17,20). The largest absolute Gasteiger partial charge is 0.366 e. The van der Waals surface area contributed by atoms with Gasteiger partial charge in [0.05, 0.1) is 23.5 Å². The van der Waals surface area contributed by atoms with Crippen LogP contribution in [0.3, 0.4) is 0 Å². The van der Waals surface area contributed by atoms with Gasteiger partial charge in [0, 0.05) is 11.0 Å². The van der Waals surface area contributed by atoms with E-state index in [1.54, 1.807) is 18.2 Å². The van der Waals surface area contributed by atoms with Crippen molar-refractivity contribution in [2.45, 2.75) is 0 Å². The van der Waals surface area contributed by atoms with E-state index in [-0.39, 0.29) is 0 Å². The lowest BCUT2D eigenvalue weighted by atomic mass is 9.97. The van der Waals surface area contributed by atoms with Crippen molar-refractivity contribution in [2.75, 3.05) is 11.4 Å². The zero-order valence-electron chi connectivity index (χ0n) is 11.1. The molecule has 0 atom stereocenters. The highest BCUT2D eigenvalue weighted by molar-refractivity contribution is 7.08. The van der Waals surface area contributed by atoms with E-state index in [1.807, 2.05) is 27.8 Å². The van der Waals surface area contributed by atoms with E-state index in [4.69, 9.17) is 11.5 Å². The summed E-state index contributed by atoms with van der Waals surface area (Å²) in [6.07, 6.45) is 1.72. The summed E-state index contributed by atoms with van der Waals surface area (Å²) in [7, 11) is 0. The minimum atomic E-state index is -0.497. The van der Waals surface area contributed by atoms with E-state index in [9.17, 15) is 9.59 Å². The molecule has 0 saturated heterocycles. The summed E-state index contributed by atoms with van der Waals surface area (Å²) in [5.41, 5.74) is 14.2. The first-order valence-electron chi connectivity index (χ1n) is 6.31. The average Bonchev–Trinajstić information content (AvgIpc) is 2.99. The van der Waals surface area contributed by atoms with Crippen molar-refractivity contribution in [3.05, 3.63) is 51.7 Å². The molecule has 2 amide bonds. The summed E-state index contributed by atoms with van der Waals surface area (Å²) in [6, 6.07) is 7.19. The Morgan fingerprint density at radius 1 is 1.14 bits per heavy atom. The lowest BCUT2D eigenvalue weighted by Crippen LogP contribution is -2.31. The van der Waals surface area contributed by atoms with Gasteiger partial charge in [0.15, 0.2) is 0 Å². The molecule has 0 fully saturated rings. The van der Waals surface area contributed by atoms with Crippen LogP contribution in [0.15, 0.2) is 40.6 Å². The molecule has 2 heterocycles. The van der Waals surface area contributed by atoms with Gasteiger partial charge in [-0.25, -0.2) is 0 Å². The highest BCUT2D eigenvalue weighted by atomic mass is 32.1. The second kappa shape index (κ2) is 5.06. The Morgan fingerprint density at radius 3 is 2.57 bits per heavy atom. The molecule has 0 unspecified atom stereocenters. The number of anilines is 2.